The van der Waals surface area contributed by atoms with Gasteiger partial charge in [0.05, 0.1) is 42.4 Å². The zero-order valence-corrected chi connectivity index (χ0v) is 38.3. The molecule has 1 saturated carbocycles. The van der Waals surface area contributed by atoms with Crippen molar-refractivity contribution in [3.63, 3.8) is 0 Å². The van der Waals surface area contributed by atoms with Gasteiger partial charge in [0, 0.05) is 37.2 Å². The fourth-order valence-corrected chi connectivity index (χ4v) is 9.93. The number of nitrogens with zero attached hydrogens (tertiary/aromatic N) is 3. The third-order valence-electron chi connectivity index (χ3n) is 12.7. The third kappa shape index (κ3) is 10.6. The van der Waals surface area contributed by atoms with Gasteiger partial charge in [-0.25, -0.2) is 4.79 Å². The van der Waals surface area contributed by atoms with Gasteiger partial charge in [0.25, 0.3) is 5.69 Å². The minimum atomic E-state index is -1.53. The van der Waals surface area contributed by atoms with Crippen molar-refractivity contribution in [2.75, 3.05) is 26.4 Å². The molecule has 0 radical (unpaired) electrons. The molecule has 1 fully saturated rings. The molecule has 66 heavy (non-hydrogen) atoms. The normalized spacial score (nSPS) is 22.6. The second-order valence-electron chi connectivity index (χ2n) is 18.3. The molecule has 13 heteroatoms. The number of carbonyl (C=O) groups is 1. The molecular formula is C53H63N3O10. The van der Waals surface area contributed by atoms with Gasteiger partial charge < -0.3 is 34.0 Å². The third-order valence-corrected chi connectivity index (χ3v) is 12.7. The van der Waals surface area contributed by atoms with Gasteiger partial charge in [-0.1, -0.05) is 84.8 Å². The van der Waals surface area contributed by atoms with E-state index in [4.69, 9.17) is 28.9 Å². The second kappa shape index (κ2) is 21.5. The van der Waals surface area contributed by atoms with Crippen molar-refractivity contribution in [2.45, 2.75) is 102 Å². The molecule has 2 aliphatic carbocycles. The van der Waals surface area contributed by atoms with Crippen molar-refractivity contribution in [2.24, 2.45) is 22.9 Å². The quantitative estimate of drug-likeness (QED) is 0.0356. The number of aliphatic hydroxyl groups excluding tert-OH is 2. The molecule has 4 aromatic carbocycles. The summed E-state index contributed by atoms with van der Waals surface area (Å²) in [7, 11) is 0. The summed E-state index contributed by atoms with van der Waals surface area (Å²) < 4.78 is 27.0. The Morgan fingerprint density at radius 1 is 0.955 bits per heavy atom. The Labute approximate surface area is 387 Å². The zero-order chi connectivity index (χ0) is 46.8. The molecule has 0 saturated heterocycles. The maximum Gasteiger partial charge on any atom is 0.410 e. The standard InChI is InChI=1S/C53H63N3O10/c1-6-8-30-62-51(59)55(35-38-20-15-19-36-17-9-10-23-42(36)38)48-34-46(54-66-52(3,4)5)44-31-37(18-11-13-27-57)43(24-12-14-28-58)49-45-33-41(64-40-22-16-21-39(32-40)56(60)61)25-26-47(45)65-53(48,50(44)49)63-29-7-2/h6-7,9-10,15-17,19-23,25-26,31-33,37,43,48-50,57-58H,1-2,8,11-14,18,24,27-30,34-35H2,3-5H3. The van der Waals surface area contributed by atoms with Gasteiger partial charge in [0.1, 0.15) is 28.9 Å². The Bertz CT molecular complexity index is 2420. The van der Waals surface area contributed by atoms with Crippen LogP contribution >= 0.6 is 0 Å². The maximum atomic E-state index is 14.9. The first-order valence-electron chi connectivity index (χ1n) is 23.1. The molecule has 1 heterocycles. The maximum absolute atomic E-state index is 14.9. The number of rotatable bonds is 21. The molecule has 0 spiro atoms. The van der Waals surface area contributed by atoms with E-state index in [0.717, 1.165) is 53.2 Å². The molecular weight excluding hydrogens is 839 g/mol. The fraction of sp³-hybridized carbons (Fsp3) is 0.434. The number of oxime groups is 1. The Balaban J connectivity index is 1.48. The number of carbonyl (C=O) groups excluding carboxylic acids is 1. The van der Waals surface area contributed by atoms with Crippen molar-refractivity contribution < 1.29 is 43.7 Å². The molecule has 2 N–H and O–H groups in total. The van der Waals surface area contributed by atoms with Crippen molar-refractivity contribution in [3.05, 3.63) is 143 Å². The molecule has 350 valence electrons. The second-order valence-corrected chi connectivity index (χ2v) is 18.3. The summed E-state index contributed by atoms with van der Waals surface area (Å²) in [6.07, 6.45) is 10.1. The topological polar surface area (TPSA) is 162 Å². The number of hydrogen-bond donors (Lipinski definition) is 2. The van der Waals surface area contributed by atoms with E-state index in [1.807, 2.05) is 75.4 Å². The first-order valence-corrected chi connectivity index (χ1v) is 23.1. The highest BCUT2D eigenvalue weighted by molar-refractivity contribution is 6.03. The summed E-state index contributed by atoms with van der Waals surface area (Å²) in [6, 6.07) is 24.9. The van der Waals surface area contributed by atoms with Crippen LogP contribution in [0.5, 0.6) is 17.2 Å². The Morgan fingerprint density at radius 2 is 1.70 bits per heavy atom. The molecule has 1 amide bonds. The number of hydrogen-bond acceptors (Lipinski definition) is 11. The highest BCUT2D eigenvalue weighted by Gasteiger charge is 2.66. The molecule has 4 aromatic rings. The van der Waals surface area contributed by atoms with Crippen molar-refractivity contribution in [1.29, 1.82) is 0 Å². The van der Waals surface area contributed by atoms with Crippen LogP contribution in [-0.4, -0.2) is 75.7 Å². The van der Waals surface area contributed by atoms with Crippen LogP contribution < -0.4 is 9.47 Å². The Hall–Kier alpha value is -6.02. The Kier molecular flexibility index (Phi) is 15.6. The summed E-state index contributed by atoms with van der Waals surface area (Å²) >= 11 is 0. The van der Waals surface area contributed by atoms with Crippen LogP contribution in [0.1, 0.15) is 89.2 Å². The van der Waals surface area contributed by atoms with E-state index >= 15 is 0 Å². The van der Waals surface area contributed by atoms with Crippen LogP contribution in [-0.2, 0) is 20.9 Å². The molecule has 6 atom stereocenters. The fourth-order valence-electron chi connectivity index (χ4n) is 9.93. The Morgan fingerprint density at radius 3 is 2.44 bits per heavy atom. The first-order chi connectivity index (χ1) is 31.9. The predicted octanol–water partition coefficient (Wildman–Crippen LogP) is 11.2. The number of allylic oxidation sites excluding steroid dienone is 1. The molecule has 6 unspecified atom stereocenters. The lowest BCUT2D eigenvalue weighted by Crippen LogP contribution is -2.70. The van der Waals surface area contributed by atoms with Crippen molar-refractivity contribution >= 4 is 28.3 Å². The van der Waals surface area contributed by atoms with Gasteiger partial charge in [0.2, 0.25) is 5.79 Å². The average Bonchev–Trinajstić information content (AvgIpc) is 3.30. The summed E-state index contributed by atoms with van der Waals surface area (Å²) in [6.45, 7) is 14.2. The number of amides is 1. The van der Waals surface area contributed by atoms with Gasteiger partial charge in [0.15, 0.2) is 0 Å². The number of aliphatic hydroxyl groups is 2. The smallest absolute Gasteiger partial charge is 0.410 e. The highest BCUT2D eigenvalue weighted by Crippen LogP contribution is 2.62. The van der Waals surface area contributed by atoms with Gasteiger partial charge in [-0.3, -0.25) is 15.0 Å². The molecule has 7 rings (SSSR count). The summed E-state index contributed by atoms with van der Waals surface area (Å²) in [5, 5.41) is 38.7. The minimum absolute atomic E-state index is 0.00272. The van der Waals surface area contributed by atoms with Crippen LogP contribution in [0, 0.1) is 27.9 Å². The summed E-state index contributed by atoms with van der Waals surface area (Å²) in [5.41, 5.74) is 2.54. The molecule has 13 nitrogen and oxygen atoms in total. The van der Waals surface area contributed by atoms with Crippen LogP contribution in [0.15, 0.2) is 127 Å². The minimum Gasteiger partial charge on any atom is -0.459 e. The number of nitro benzene ring substituents is 1. The van der Waals surface area contributed by atoms with E-state index in [1.165, 1.54) is 12.1 Å². The summed E-state index contributed by atoms with van der Waals surface area (Å²) in [4.78, 5) is 34.2. The van der Waals surface area contributed by atoms with Crippen LogP contribution in [0.4, 0.5) is 10.5 Å². The molecule has 0 bridgehead atoms. The van der Waals surface area contributed by atoms with E-state index < -0.39 is 34.4 Å². The average molecular weight is 902 g/mol. The molecule has 1 aliphatic heterocycles. The number of ether oxygens (including phenoxy) is 4. The van der Waals surface area contributed by atoms with E-state index in [-0.39, 0.29) is 62.8 Å². The van der Waals surface area contributed by atoms with E-state index in [1.54, 1.807) is 35.3 Å². The molecule has 0 aromatic heterocycles. The monoisotopic (exact) mass is 901 g/mol. The van der Waals surface area contributed by atoms with E-state index in [9.17, 15) is 25.1 Å². The van der Waals surface area contributed by atoms with Gasteiger partial charge in [-0.2, -0.15) is 0 Å². The van der Waals surface area contributed by atoms with Crippen LogP contribution in [0.3, 0.4) is 0 Å². The van der Waals surface area contributed by atoms with E-state index in [0.29, 0.717) is 42.2 Å². The van der Waals surface area contributed by atoms with Gasteiger partial charge in [-0.15, -0.1) is 13.2 Å². The zero-order valence-electron chi connectivity index (χ0n) is 38.3. The SMILES string of the molecule is C=CCCOC(=O)N(Cc1cccc2ccccc12)C1CC(=NOC(C)(C)C)C2=CC(CCCCO)C(CCCCO)C3c4cc(Oc5cccc([N+](=O)[O-])c5)ccc4OC1(OCC=C)C23. The van der Waals surface area contributed by atoms with Crippen LogP contribution in [0.2, 0.25) is 0 Å². The first kappa shape index (κ1) is 47.9. The lowest BCUT2D eigenvalue weighted by molar-refractivity contribution is -0.384. The summed E-state index contributed by atoms with van der Waals surface area (Å²) in [5.74, 6) is -1.18. The van der Waals surface area contributed by atoms with Crippen molar-refractivity contribution in [3.8, 4) is 17.2 Å². The van der Waals surface area contributed by atoms with Gasteiger partial charge >= 0.3 is 6.09 Å². The van der Waals surface area contributed by atoms with Gasteiger partial charge in [-0.05, 0) is 111 Å². The number of benzene rings is 4. The number of fused-ring (bicyclic) bond motifs is 3. The number of unbranched alkanes of at least 4 members (excludes halogenated alkanes) is 2. The highest BCUT2D eigenvalue weighted by atomic mass is 16.7. The lowest BCUT2D eigenvalue weighted by Gasteiger charge is -2.60. The largest absolute Gasteiger partial charge is 0.459 e. The number of nitro groups is 1. The molecule has 3 aliphatic rings. The lowest BCUT2D eigenvalue weighted by atomic mass is 9.55. The van der Waals surface area contributed by atoms with E-state index in [2.05, 4.69) is 19.2 Å². The van der Waals surface area contributed by atoms with Crippen LogP contribution in [0.25, 0.3) is 10.8 Å². The number of non-ortho nitro benzene ring substituents is 1. The van der Waals surface area contributed by atoms with Crippen molar-refractivity contribution in [1.82, 2.24) is 4.90 Å². The predicted molar refractivity (Wildman–Crippen MR) is 255 cm³/mol.